The molecule has 0 saturated heterocycles. The maximum atomic E-state index is 13.0. The third-order valence-corrected chi connectivity index (χ3v) is 5.50. The lowest BCUT2D eigenvalue weighted by Crippen LogP contribution is -2.41. The van der Waals surface area contributed by atoms with Crippen LogP contribution in [0.15, 0.2) is 35.8 Å². The van der Waals surface area contributed by atoms with Gasteiger partial charge in [0.15, 0.2) is 5.13 Å². The summed E-state index contributed by atoms with van der Waals surface area (Å²) in [5.41, 5.74) is 0.0720. The normalized spacial score (nSPS) is 14.4. The second kappa shape index (κ2) is 9.41. The van der Waals surface area contributed by atoms with Crippen LogP contribution < -0.4 is 5.32 Å². The van der Waals surface area contributed by atoms with Crippen molar-refractivity contribution in [3.8, 4) is 0 Å². The Balaban J connectivity index is 1.75. The van der Waals surface area contributed by atoms with E-state index in [4.69, 9.17) is 0 Å². The van der Waals surface area contributed by atoms with Gasteiger partial charge in [-0.25, -0.2) is 4.98 Å². The van der Waals surface area contributed by atoms with Crippen LogP contribution in [0.4, 0.5) is 10.8 Å². The highest BCUT2D eigenvalue weighted by atomic mass is 32.1. The minimum atomic E-state index is -0.530. The lowest BCUT2D eigenvalue weighted by Gasteiger charge is -2.29. The molecule has 1 fully saturated rings. The largest absolute Gasteiger partial charge is 0.329 e. The van der Waals surface area contributed by atoms with Crippen molar-refractivity contribution in [2.75, 3.05) is 18.4 Å². The number of rotatable bonds is 7. The number of benzene rings is 1. The Bertz CT molecular complexity index is 834. The number of nitro benzene ring substituents is 1. The molecule has 1 aliphatic carbocycles. The molecule has 0 atom stereocenters. The fraction of sp³-hybridized carbons (Fsp3) is 0.421. The third kappa shape index (κ3) is 5.35. The van der Waals surface area contributed by atoms with Gasteiger partial charge in [0, 0.05) is 35.8 Å². The summed E-state index contributed by atoms with van der Waals surface area (Å²) in [7, 11) is 0. The molecule has 8 nitrogen and oxygen atoms in total. The number of thiazole rings is 1. The monoisotopic (exact) mass is 402 g/mol. The van der Waals surface area contributed by atoms with Crippen LogP contribution in [0.5, 0.6) is 0 Å². The quantitative estimate of drug-likeness (QED) is 0.561. The number of carbonyl (C=O) groups excluding carboxylic acids is 2. The smallest absolute Gasteiger partial charge is 0.270 e. The first-order valence-electron chi connectivity index (χ1n) is 9.26. The minimum absolute atomic E-state index is 0.113. The van der Waals surface area contributed by atoms with Gasteiger partial charge in [-0.2, -0.15) is 0 Å². The minimum Gasteiger partial charge on any atom is -0.329 e. The molecule has 1 saturated carbocycles. The summed E-state index contributed by atoms with van der Waals surface area (Å²) in [6.45, 7) is 0.352. The zero-order chi connectivity index (χ0) is 19.9. The SMILES string of the molecule is O=C(CN(CC1CCCCC1)C(=O)c1cccc([N+](=O)[O-])c1)Nc1nccs1. The van der Waals surface area contributed by atoms with E-state index in [1.165, 1.54) is 40.9 Å². The van der Waals surface area contributed by atoms with Crippen molar-refractivity contribution in [1.82, 2.24) is 9.88 Å². The van der Waals surface area contributed by atoms with Crippen LogP contribution >= 0.6 is 11.3 Å². The summed E-state index contributed by atoms with van der Waals surface area (Å²) in [5.74, 6) is -0.364. The molecule has 0 spiro atoms. The number of nitrogens with one attached hydrogen (secondary N) is 1. The van der Waals surface area contributed by atoms with E-state index in [-0.39, 0.29) is 29.6 Å². The molecule has 1 N–H and O–H groups in total. The molecule has 3 rings (SSSR count). The average Bonchev–Trinajstić information content (AvgIpc) is 3.20. The standard InChI is InChI=1S/C19H22N4O4S/c24-17(21-19-20-9-10-28-19)13-22(12-14-5-2-1-3-6-14)18(25)15-7-4-8-16(11-15)23(26)27/h4,7-11,14H,1-3,5-6,12-13H2,(H,20,21,24). The first kappa shape index (κ1) is 19.9. The summed E-state index contributed by atoms with van der Waals surface area (Å²) < 4.78 is 0. The van der Waals surface area contributed by atoms with E-state index >= 15 is 0 Å². The van der Waals surface area contributed by atoms with Gasteiger partial charge in [-0.05, 0) is 24.8 Å². The average molecular weight is 402 g/mol. The second-order valence-corrected chi connectivity index (χ2v) is 7.78. The molecule has 1 aromatic heterocycles. The van der Waals surface area contributed by atoms with Crippen LogP contribution in [0.25, 0.3) is 0 Å². The van der Waals surface area contributed by atoms with Crippen molar-refractivity contribution in [2.24, 2.45) is 5.92 Å². The number of amides is 2. The zero-order valence-corrected chi connectivity index (χ0v) is 16.2. The molecule has 1 aliphatic rings. The van der Waals surface area contributed by atoms with Crippen molar-refractivity contribution in [3.05, 3.63) is 51.5 Å². The van der Waals surface area contributed by atoms with Crippen molar-refractivity contribution in [2.45, 2.75) is 32.1 Å². The molecule has 1 aromatic carbocycles. The Morgan fingerprint density at radius 1 is 1.29 bits per heavy atom. The number of anilines is 1. The highest BCUT2D eigenvalue weighted by Crippen LogP contribution is 2.25. The molecule has 0 unspecified atom stereocenters. The molecule has 0 aliphatic heterocycles. The van der Waals surface area contributed by atoms with E-state index in [2.05, 4.69) is 10.3 Å². The number of nitro groups is 1. The van der Waals surface area contributed by atoms with Crippen LogP contribution in [0.1, 0.15) is 42.5 Å². The van der Waals surface area contributed by atoms with Crippen molar-refractivity contribution in [3.63, 3.8) is 0 Å². The van der Waals surface area contributed by atoms with Crippen molar-refractivity contribution < 1.29 is 14.5 Å². The zero-order valence-electron chi connectivity index (χ0n) is 15.4. The highest BCUT2D eigenvalue weighted by Gasteiger charge is 2.25. The maximum absolute atomic E-state index is 13.0. The predicted molar refractivity (Wildman–Crippen MR) is 106 cm³/mol. The first-order valence-corrected chi connectivity index (χ1v) is 10.1. The van der Waals surface area contributed by atoms with E-state index in [0.717, 1.165) is 25.7 Å². The fourth-order valence-corrected chi connectivity index (χ4v) is 4.00. The Hall–Kier alpha value is -2.81. The van der Waals surface area contributed by atoms with Crippen LogP contribution in [0.2, 0.25) is 0 Å². The molecule has 0 bridgehead atoms. The Labute approximate surface area is 166 Å². The lowest BCUT2D eigenvalue weighted by atomic mass is 9.89. The molecule has 9 heteroatoms. The molecule has 2 amide bonds. The van der Waals surface area contributed by atoms with Crippen LogP contribution in [-0.2, 0) is 4.79 Å². The summed E-state index contributed by atoms with van der Waals surface area (Å²) in [6, 6.07) is 5.63. The summed E-state index contributed by atoms with van der Waals surface area (Å²) in [4.78, 5) is 41.5. The molecule has 1 heterocycles. The van der Waals surface area contributed by atoms with E-state index < -0.39 is 4.92 Å². The second-order valence-electron chi connectivity index (χ2n) is 6.88. The summed E-state index contributed by atoms with van der Waals surface area (Å²) in [5, 5.41) is 16.0. The van der Waals surface area contributed by atoms with Gasteiger partial charge in [-0.15, -0.1) is 11.3 Å². The summed E-state index contributed by atoms with van der Waals surface area (Å²) in [6.07, 6.45) is 7.07. The number of hydrogen-bond acceptors (Lipinski definition) is 6. The third-order valence-electron chi connectivity index (χ3n) is 4.81. The molecular formula is C19H22N4O4S. The van der Waals surface area contributed by atoms with Gasteiger partial charge in [0.25, 0.3) is 11.6 Å². The van der Waals surface area contributed by atoms with Gasteiger partial charge < -0.3 is 10.2 Å². The predicted octanol–water partition coefficient (Wildman–Crippen LogP) is 3.71. The highest BCUT2D eigenvalue weighted by molar-refractivity contribution is 7.13. The van der Waals surface area contributed by atoms with Gasteiger partial charge in [0.05, 0.1) is 4.92 Å². The number of nitrogens with zero attached hydrogens (tertiary/aromatic N) is 3. The lowest BCUT2D eigenvalue weighted by molar-refractivity contribution is -0.384. The molecule has 148 valence electrons. The molecule has 28 heavy (non-hydrogen) atoms. The number of non-ortho nitro benzene ring substituents is 1. The number of carbonyl (C=O) groups is 2. The van der Waals surface area contributed by atoms with Crippen LogP contribution in [-0.4, -0.2) is 39.7 Å². The Morgan fingerprint density at radius 2 is 2.07 bits per heavy atom. The van der Waals surface area contributed by atoms with Crippen molar-refractivity contribution >= 4 is 34.0 Å². The number of hydrogen-bond donors (Lipinski definition) is 1. The Morgan fingerprint density at radius 3 is 2.75 bits per heavy atom. The van der Waals surface area contributed by atoms with Gasteiger partial charge in [-0.3, -0.25) is 19.7 Å². The van der Waals surface area contributed by atoms with E-state index in [0.29, 0.717) is 17.6 Å². The fourth-order valence-electron chi connectivity index (χ4n) is 3.45. The van der Waals surface area contributed by atoms with Gasteiger partial charge in [-0.1, -0.05) is 25.3 Å². The summed E-state index contributed by atoms with van der Waals surface area (Å²) >= 11 is 1.30. The van der Waals surface area contributed by atoms with Gasteiger partial charge >= 0.3 is 0 Å². The van der Waals surface area contributed by atoms with E-state index in [1.807, 2.05) is 0 Å². The van der Waals surface area contributed by atoms with E-state index in [1.54, 1.807) is 17.6 Å². The number of aromatic nitrogens is 1. The topological polar surface area (TPSA) is 105 Å². The molecule has 2 aromatic rings. The van der Waals surface area contributed by atoms with Crippen LogP contribution in [0.3, 0.4) is 0 Å². The first-order chi connectivity index (χ1) is 13.5. The maximum Gasteiger partial charge on any atom is 0.270 e. The van der Waals surface area contributed by atoms with E-state index in [9.17, 15) is 19.7 Å². The van der Waals surface area contributed by atoms with Gasteiger partial charge in [0.2, 0.25) is 5.91 Å². The van der Waals surface area contributed by atoms with Crippen molar-refractivity contribution in [1.29, 1.82) is 0 Å². The molecular weight excluding hydrogens is 380 g/mol. The van der Waals surface area contributed by atoms with Crippen LogP contribution in [0, 0.1) is 16.0 Å². The molecule has 0 radical (unpaired) electrons. The Kier molecular flexibility index (Phi) is 6.70. The van der Waals surface area contributed by atoms with Gasteiger partial charge in [0.1, 0.15) is 6.54 Å².